The smallest absolute Gasteiger partial charge is 0.252 e. The molecule has 1 atom stereocenters. The largest absolute Gasteiger partial charge is 0.383 e. The van der Waals surface area contributed by atoms with E-state index in [0.29, 0.717) is 30.3 Å². The van der Waals surface area contributed by atoms with Gasteiger partial charge in [-0.15, -0.1) is 5.10 Å². The Bertz CT molecular complexity index is 1000. The van der Waals surface area contributed by atoms with Crippen LogP contribution in [0.25, 0.3) is 5.69 Å². The van der Waals surface area contributed by atoms with Crippen LogP contribution in [-0.2, 0) is 16.1 Å². The first-order valence-corrected chi connectivity index (χ1v) is 11.7. The maximum Gasteiger partial charge on any atom is 0.252 e. The molecule has 2 N–H and O–H groups in total. The first-order valence-electron chi connectivity index (χ1n) is 11.3. The molecule has 10 heteroatoms. The number of aromatic nitrogens is 4. The van der Waals surface area contributed by atoms with Gasteiger partial charge in [0.1, 0.15) is 18.0 Å². The SMILES string of the molecule is O=C([C@H](O)C1CCCCC1)N1CC2CC1(C(=O)NCc1cc(Cl)ccc1-n1cnnn1)C2. The van der Waals surface area contributed by atoms with Gasteiger partial charge in [-0.05, 0) is 71.7 Å². The summed E-state index contributed by atoms with van der Waals surface area (Å²) in [7, 11) is 0. The molecule has 2 aromatic rings. The molecule has 1 aromatic heterocycles. The molecule has 9 nitrogen and oxygen atoms in total. The molecule has 2 aliphatic carbocycles. The van der Waals surface area contributed by atoms with Crippen LogP contribution in [0.5, 0.6) is 0 Å². The fraction of sp³-hybridized carbons (Fsp3) is 0.591. The highest BCUT2D eigenvalue weighted by Crippen LogP contribution is 2.51. The van der Waals surface area contributed by atoms with Crippen molar-refractivity contribution in [3.05, 3.63) is 35.1 Å². The van der Waals surface area contributed by atoms with Crippen molar-refractivity contribution in [1.29, 1.82) is 0 Å². The summed E-state index contributed by atoms with van der Waals surface area (Å²) in [6, 6.07) is 5.30. The van der Waals surface area contributed by atoms with Gasteiger partial charge in [0, 0.05) is 18.1 Å². The summed E-state index contributed by atoms with van der Waals surface area (Å²) in [6.07, 6.45) is 6.77. The van der Waals surface area contributed by atoms with Crippen LogP contribution in [0.3, 0.4) is 0 Å². The van der Waals surface area contributed by atoms with Crippen LogP contribution in [0.2, 0.25) is 5.02 Å². The second-order valence-electron chi connectivity index (χ2n) is 9.31. The van der Waals surface area contributed by atoms with Crippen molar-refractivity contribution in [3.63, 3.8) is 0 Å². The Balaban J connectivity index is 1.30. The van der Waals surface area contributed by atoms with Crippen molar-refractivity contribution in [2.45, 2.75) is 63.1 Å². The van der Waals surface area contributed by atoms with Gasteiger partial charge in [0.2, 0.25) is 5.91 Å². The average Bonchev–Trinajstić information content (AvgIpc) is 3.52. The molecule has 2 amide bonds. The minimum atomic E-state index is -1.02. The topological polar surface area (TPSA) is 113 Å². The fourth-order valence-electron chi connectivity index (χ4n) is 5.63. The van der Waals surface area contributed by atoms with E-state index in [2.05, 4.69) is 20.8 Å². The maximum absolute atomic E-state index is 13.3. The second kappa shape index (κ2) is 8.44. The van der Waals surface area contributed by atoms with Crippen molar-refractivity contribution in [2.24, 2.45) is 11.8 Å². The lowest BCUT2D eigenvalue weighted by molar-refractivity contribution is -0.154. The van der Waals surface area contributed by atoms with Crippen LogP contribution in [0.1, 0.15) is 50.5 Å². The van der Waals surface area contributed by atoms with E-state index < -0.39 is 11.6 Å². The van der Waals surface area contributed by atoms with Gasteiger partial charge < -0.3 is 15.3 Å². The molecule has 32 heavy (non-hydrogen) atoms. The zero-order valence-corrected chi connectivity index (χ0v) is 18.5. The lowest BCUT2D eigenvalue weighted by Gasteiger charge is -2.41. The molecular formula is C22H27ClN6O3. The molecule has 0 unspecified atom stereocenters. The van der Waals surface area contributed by atoms with Crippen molar-refractivity contribution in [3.8, 4) is 5.69 Å². The van der Waals surface area contributed by atoms with Gasteiger partial charge in [0.05, 0.1) is 5.69 Å². The van der Waals surface area contributed by atoms with E-state index in [-0.39, 0.29) is 24.3 Å². The Morgan fingerprint density at radius 2 is 2.03 bits per heavy atom. The van der Waals surface area contributed by atoms with Crippen LogP contribution in [0.15, 0.2) is 24.5 Å². The highest BCUT2D eigenvalue weighted by atomic mass is 35.5. The molecule has 4 fully saturated rings. The third-order valence-electron chi connectivity index (χ3n) is 7.33. The summed E-state index contributed by atoms with van der Waals surface area (Å²) in [4.78, 5) is 28.1. The van der Waals surface area contributed by atoms with E-state index in [1.165, 1.54) is 11.0 Å². The number of aliphatic hydroxyl groups is 1. The summed E-state index contributed by atoms with van der Waals surface area (Å²) in [5.41, 5.74) is 0.629. The number of nitrogens with zero attached hydrogens (tertiary/aromatic N) is 5. The summed E-state index contributed by atoms with van der Waals surface area (Å²) < 4.78 is 1.52. The van der Waals surface area contributed by atoms with E-state index >= 15 is 0 Å². The number of fused-ring (bicyclic) bond motifs is 1. The normalized spacial score (nSPS) is 25.9. The van der Waals surface area contributed by atoms with Crippen LogP contribution in [0.4, 0.5) is 0 Å². The summed E-state index contributed by atoms with van der Waals surface area (Å²) in [6.45, 7) is 0.775. The second-order valence-corrected chi connectivity index (χ2v) is 9.74. The maximum atomic E-state index is 13.3. The van der Waals surface area contributed by atoms with E-state index in [1.807, 2.05) is 0 Å². The molecule has 2 aliphatic heterocycles. The Morgan fingerprint density at radius 3 is 2.75 bits per heavy atom. The molecule has 2 saturated carbocycles. The van der Waals surface area contributed by atoms with Gasteiger partial charge in [-0.2, -0.15) is 0 Å². The number of tetrazole rings is 1. The van der Waals surface area contributed by atoms with Crippen molar-refractivity contribution < 1.29 is 14.7 Å². The minimum absolute atomic E-state index is 0.000491. The molecular weight excluding hydrogens is 432 g/mol. The number of nitrogens with one attached hydrogen (secondary N) is 1. The van der Waals surface area contributed by atoms with Gasteiger partial charge >= 0.3 is 0 Å². The van der Waals surface area contributed by atoms with Crippen molar-refractivity contribution >= 4 is 23.4 Å². The summed E-state index contributed by atoms with van der Waals surface area (Å²) in [5, 5.41) is 25.6. The fourth-order valence-corrected chi connectivity index (χ4v) is 5.82. The summed E-state index contributed by atoms with van der Waals surface area (Å²) in [5.74, 6) is -0.145. The van der Waals surface area contributed by atoms with Crippen LogP contribution >= 0.6 is 11.6 Å². The van der Waals surface area contributed by atoms with Crippen LogP contribution in [0, 0.1) is 11.8 Å². The predicted molar refractivity (Wildman–Crippen MR) is 116 cm³/mol. The van der Waals surface area contributed by atoms with Crippen LogP contribution < -0.4 is 5.32 Å². The monoisotopic (exact) mass is 458 g/mol. The number of carbonyl (C=O) groups excluding carboxylic acids is 2. The standard InChI is InChI=1S/C22H27ClN6O3/c23-17-6-7-18(29-13-25-26-27-29)16(8-17)11-24-21(32)22-9-14(10-22)12-28(22)20(31)19(30)15-4-2-1-3-5-15/h6-8,13-15,19,30H,1-5,9-12H2,(H,24,32)/t14?,19-,22?/m1/s1. The van der Waals surface area contributed by atoms with E-state index in [1.54, 1.807) is 23.1 Å². The van der Waals surface area contributed by atoms with Gasteiger partial charge in [-0.1, -0.05) is 30.9 Å². The number of hydrogen-bond donors (Lipinski definition) is 2. The molecule has 1 aromatic carbocycles. The first kappa shape index (κ1) is 21.3. The first-order chi connectivity index (χ1) is 15.5. The lowest BCUT2D eigenvalue weighted by Crippen LogP contribution is -2.60. The van der Waals surface area contributed by atoms with Gasteiger partial charge in [0.25, 0.3) is 5.91 Å². The van der Waals surface area contributed by atoms with Crippen LogP contribution in [-0.4, -0.2) is 60.2 Å². The van der Waals surface area contributed by atoms with Gasteiger partial charge in [0.15, 0.2) is 0 Å². The number of aliphatic hydroxyl groups excluding tert-OH is 1. The van der Waals surface area contributed by atoms with E-state index in [9.17, 15) is 14.7 Å². The third kappa shape index (κ3) is 3.67. The van der Waals surface area contributed by atoms with Gasteiger partial charge in [-0.25, -0.2) is 4.68 Å². The summed E-state index contributed by atoms with van der Waals surface area (Å²) >= 11 is 6.17. The van der Waals surface area contributed by atoms with E-state index in [4.69, 9.17) is 11.6 Å². The van der Waals surface area contributed by atoms with Crippen molar-refractivity contribution in [1.82, 2.24) is 30.4 Å². The zero-order chi connectivity index (χ0) is 22.3. The lowest BCUT2D eigenvalue weighted by atomic mass is 9.72. The Morgan fingerprint density at radius 1 is 1.25 bits per heavy atom. The Hall–Kier alpha value is -2.52. The zero-order valence-electron chi connectivity index (χ0n) is 17.8. The molecule has 2 bridgehead atoms. The predicted octanol–water partition coefficient (Wildman–Crippen LogP) is 1.86. The molecule has 0 spiro atoms. The third-order valence-corrected chi connectivity index (χ3v) is 7.56. The Kier molecular flexibility index (Phi) is 5.63. The molecule has 4 aliphatic rings. The highest BCUT2D eigenvalue weighted by molar-refractivity contribution is 6.30. The molecule has 2 saturated heterocycles. The number of hydrogen-bond acceptors (Lipinski definition) is 6. The number of halogens is 1. The molecule has 6 rings (SSSR count). The molecule has 3 heterocycles. The minimum Gasteiger partial charge on any atom is -0.383 e. The molecule has 0 radical (unpaired) electrons. The number of benzene rings is 1. The van der Waals surface area contributed by atoms with Gasteiger partial charge in [-0.3, -0.25) is 9.59 Å². The van der Waals surface area contributed by atoms with E-state index in [0.717, 1.165) is 43.4 Å². The number of amides is 2. The molecule has 170 valence electrons. The Labute approximate surface area is 191 Å². The average molecular weight is 459 g/mol. The number of carbonyl (C=O) groups is 2. The highest BCUT2D eigenvalue weighted by Gasteiger charge is 2.63. The van der Waals surface area contributed by atoms with Crippen molar-refractivity contribution in [2.75, 3.05) is 6.54 Å². The quantitative estimate of drug-likeness (QED) is 0.683. The number of rotatable bonds is 6.